The maximum Gasteiger partial charge on any atom is 0.156 e. The second kappa shape index (κ2) is 4.94. The lowest BCUT2D eigenvalue weighted by atomic mass is 10.3. The fraction of sp³-hybridized carbons (Fsp3) is 0.455. The Balaban J connectivity index is 2.00. The Bertz CT molecular complexity index is 446. The zero-order chi connectivity index (χ0) is 11.4. The van der Waals surface area contributed by atoms with Gasteiger partial charge < -0.3 is 14.4 Å². The van der Waals surface area contributed by atoms with Crippen LogP contribution < -0.4 is 5.32 Å². The van der Waals surface area contributed by atoms with Gasteiger partial charge in [0.05, 0.1) is 12.2 Å². The van der Waals surface area contributed by atoms with Crippen LogP contribution in [0.25, 0.3) is 0 Å². The molecule has 2 rings (SSSR count). The molecule has 0 aromatic carbocycles. The molecule has 0 spiro atoms. The Morgan fingerprint density at radius 1 is 1.50 bits per heavy atom. The van der Waals surface area contributed by atoms with Crippen molar-refractivity contribution in [3.8, 4) is 0 Å². The molecule has 0 aliphatic carbocycles. The largest absolute Gasteiger partial charge is 0.359 e. The molecule has 0 atom stereocenters. The third kappa shape index (κ3) is 2.49. The molecule has 0 bridgehead atoms. The van der Waals surface area contributed by atoms with Gasteiger partial charge in [-0.15, -0.1) is 0 Å². The number of hydrogen-bond donors (Lipinski definition) is 1. The smallest absolute Gasteiger partial charge is 0.156 e. The summed E-state index contributed by atoms with van der Waals surface area (Å²) in [6, 6.07) is 1.97. The molecule has 2 aromatic rings. The van der Waals surface area contributed by atoms with E-state index in [1.165, 1.54) is 0 Å². The third-order valence-electron chi connectivity index (χ3n) is 2.41. The lowest BCUT2D eigenvalue weighted by molar-refractivity contribution is 0.368. The second-order valence-corrected chi connectivity index (χ2v) is 3.67. The summed E-state index contributed by atoms with van der Waals surface area (Å²) < 4.78 is 7.28. The van der Waals surface area contributed by atoms with Gasteiger partial charge in [-0.05, 0) is 13.5 Å². The van der Waals surface area contributed by atoms with E-state index in [4.69, 9.17) is 4.52 Å². The van der Waals surface area contributed by atoms with E-state index >= 15 is 0 Å². The molecule has 0 unspecified atom stereocenters. The lowest BCUT2D eigenvalue weighted by Gasteiger charge is -1.99. The van der Waals surface area contributed by atoms with Gasteiger partial charge in [-0.1, -0.05) is 12.1 Å². The monoisotopic (exact) mass is 220 g/mol. The van der Waals surface area contributed by atoms with E-state index in [1.807, 2.05) is 23.8 Å². The van der Waals surface area contributed by atoms with Crippen molar-refractivity contribution in [3.63, 3.8) is 0 Å². The number of nitrogens with one attached hydrogen (secondary N) is 1. The van der Waals surface area contributed by atoms with Crippen molar-refractivity contribution >= 4 is 0 Å². The first-order valence-electron chi connectivity index (χ1n) is 5.42. The van der Waals surface area contributed by atoms with E-state index in [-0.39, 0.29) is 0 Å². The summed E-state index contributed by atoms with van der Waals surface area (Å²) in [6.07, 6.45) is 3.72. The van der Waals surface area contributed by atoms with Gasteiger partial charge in [-0.3, -0.25) is 0 Å². The highest BCUT2D eigenvalue weighted by Crippen LogP contribution is 2.07. The first-order valence-corrected chi connectivity index (χ1v) is 5.42. The van der Waals surface area contributed by atoms with Gasteiger partial charge >= 0.3 is 0 Å². The number of hydrogen-bond acceptors (Lipinski definition) is 4. The molecule has 2 aromatic heterocycles. The van der Waals surface area contributed by atoms with Gasteiger partial charge in [-0.25, -0.2) is 4.98 Å². The molecule has 0 radical (unpaired) electrons. The van der Waals surface area contributed by atoms with Crippen LogP contribution in [0.15, 0.2) is 23.0 Å². The van der Waals surface area contributed by atoms with Crippen LogP contribution in [0.3, 0.4) is 0 Å². The standard InChI is InChI=1S/C11H16N4O/c1-3-12-7-10-6-11(16-14-10)8-15-5-4-13-9(15)2/h4-6,12H,3,7-8H2,1-2H3. The zero-order valence-electron chi connectivity index (χ0n) is 9.60. The average Bonchev–Trinajstić information content (AvgIpc) is 2.87. The van der Waals surface area contributed by atoms with E-state index in [2.05, 4.69) is 22.4 Å². The topological polar surface area (TPSA) is 55.9 Å². The fourth-order valence-electron chi connectivity index (χ4n) is 1.51. The van der Waals surface area contributed by atoms with E-state index in [0.717, 1.165) is 30.4 Å². The molecular formula is C11H16N4O. The highest BCUT2D eigenvalue weighted by molar-refractivity contribution is 5.06. The molecule has 16 heavy (non-hydrogen) atoms. The zero-order valence-corrected chi connectivity index (χ0v) is 9.60. The van der Waals surface area contributed by atoms with Crippen LogP contribution in [0.2, 0.25) is 0 Å². The summed E-state index contributed by atoms with van der Waals surface area (Å²) >= 11 is 0. The Morgan fingerprint density at radius 2 is 2.38 bits per heavy atom. The van der Waals surface area contributed by atoms with Crippen LogP contribution in [0.4, 0.5) is 0 Å². The minimum absolute atomic E-state index is 0.685. The summed E-state index contributed by atoms with van der Waals surface area (Å²) in [6.45, 7) is 6.41. The predicted octanol–water partition coefficient (Wildman–Crippen LogP) is 1.34. The minimum atomic E-state index is 0.685. The van der Waals surface area contributed by atoms with Crippen molar-refractivity contribution in [1.29, 1.82) is 0 Å². The van der Waals surface area contributed by atoms with E-state index in [1.54, 1.807) is 6.20 Å². The van der Waals surface area contributed by atoms with E-state index in [0.29, 0.717) is 6.54 Å². The fourth-order valence-corrected chi connectivity index (χ4v) is 1.51. The van der Waals surface area contributed by atoms with Crippen LogP contribution in [0, 0.1) is 6.92 Å². The summed E-state index contributed by atoms with van der Waals surface area (Å²) in [5.41, 5.74) is 0.939. The Morgan fingerprint density at radius 3 is 3.06 bits per heavy atom. The molecule has 86 valence electrons. The molecule has 5 heteroatoms. The normalized spacial score (nSPS) is 10.9. The highest BCUT2D eigenvalue weighted by atomic mass is 16.5. The quantitative estimate of drug-likeness (QED) is 0.826. The molecule has 0 aliphatic heterocycles. The van der Waals surface area contributed by atoms with Crippen LogP contribution in [0.5, 0.6) is 0 Å². The van der Waals surface area contributed by atoms with Crippen molar-refractivity contribution in [2.24, 2.45) is 0 Å². The van der Waals surface area contributed by atoms with Crippen LogP contribution in [-0.4, -0.2) is 21.3 Å². The molecule has 0 aliphatic rings. The maximum absolute atomic E-state index is 5.25. The number of imidazole rings is 1. The van der Waals surface area contributed by atoms with Crippen molar-refractivity contribution in [3.05, 3.63) is 35.7 Å². The maximum atomic E-state index is 5.25. The Hall–Kier alpha value is -1.62. The Labute approximate surface area is 94.5 Å². The van der Waals surface area contributed by atoms with Crippen LogP contribution >= 0.6 is 0 Å². The molecule has 0 saturated heterocycles. The van der Waals surface area contributed by atoms with Gasteiger partial charge in [0.1, 0.15) is 5.82 Å². The highest BCUT2D eigenvalue weighted by Gasteiger charge is 2.05. The second-order valence-electron chi connectivity index (χ2n) is 3.67. The van der Waals surface area contributed by atoms with Gasteiger partial charge in [0.2, 0.25) is 0 Å². The van der Waals surface area contributed by atoms with Gasteiger partial charge in [0.25, 0.3) is 0 Å². The number of aromatic nitrogens is 3. The predicted molar refractivity (Wildman–Crippen MR) is 59.9 cm³/mol. The van der Waals surface area contributed by atoms with Gasteiger partial charge in [0.15, 0.2) is 5.76 Å². The average molecular weight is 220 g/mol. The number of nitrogens with zero attached hydrogens (tertiary/aromatic N) is 3. The number of aryl methyl sites for hydroxylation is 1. The summed E-state index contributed by atoms with van der Waals surface area (Å²) in [5.74, 6) is 1.83. The molecule has 0 saturated carbocycles. The van der Waals surface area contributed by atoms with Gasteiger partial charge in [0, 0.05) is 25.0 Å². The van der Waals surface area contributed by atoms with Crippen molar-refractivity contribution in [2.75, 3.05) is 6.54 Å². The van der Waals surface area contributed by atoms with Crippen molar-refractivity contribution in [1.82, 2.24) is 20.0 Å². The lowest BCUT2D eigenvalue weighted by Crippen LogP contribution is -2.11. The summed E-state index contributed by atoms with van der Waals surface area (Å²) in [5, 5.41) is 7.20. The van der Waals surface area contributed by atoms with E-state index in [9.17, 15) is 0 Å². The number of rotatable bonds is 5. The molecule has 5 nitrogen and oxygen atoms in total. The third-order valence-corrected chi connectivity index (χ3v) is 2.41. The minimum Gasteiger partial charge on any atom is -0.359 e. The SMILES string of the molecule is CCNCc1cc(Cn2ccnc2C)on1. The van der Waals surface area contributed by atoms with Crippen LogP contribution in [-0.2, 0) is 13.1 Å². The first-order chi connectivity index (χ1) is 7.79. The van der Waals surface area contributed by atoms with Crippen LogP contribution in [0.1, 0.15) is 24.2 Å². The van der Waals surface area contributed by atoms with Gasteiger partial charge in [-0.2, -0.15) is 0 Å². The molecule has 2 heterocycles. The molecule has 0 fully saturated rings. The van der Waals surface area contributed by atoms with Crippen molar-refractivity contribution in [2.45, 2.75) is 26.9 Å². The summed E-state index contributed by atoms with van der Waals surface area (Å²) in [7, 11) is 0. The molecule has 1 N–H and O–H groups in total. The van der Waals surface area contributed by atoms with Crippen molar-refractivity contribution < 1.29 is 4.52 Å². The first kappa shape index (κ1) is 10.9. The molecular weight excluding hydrogens is 204 g/mol. The van der Waals surface area contributed by atoms with E-state index < -0.39 is 0 Å². The Kier molecular flexibility index (Phi) is 3.36. The summed E-state index contributed by atoms with van der Waals surface area (Å²) in [4.78, 5) is 4.16. The molecule has 0 amide bonds.